The summed E-state index contributed by atoms with van der Waals surface area (Å²) in [7, 11) is -2.24. The van der Waals surface area contributed by atoms with E-state index in [2.05, 4.69) is 57.2 Å². The van der Waals surface area contributed by atoms with Gasteiger partial charge in [0.05, 0.1) is 0 Å². The van der Waals surface area contributed by atoms with Crippen molar-refractivity contribution in [3.05, 3.63) is 70.3 Å². The highest BCUT2D eigenvalue weighted by molar-refractivity contribution is 7.64. The molecule has 0 heterocycles. The molecule has 27 heavy (non-hydrogen) atoms. The molecule has 0 aromatic heterocycles. The zero-order chi connectivity index (χ0) is 20.0. The Morgan fingerprint density at radius 2 is 1.52 bits per heavy atom. The van der Waals surface area contributed by atoms with Crippen molar-refractivity contribution in [2.24, 2.45) is 0 Å². The van der Waals surface area contributed by atoms with E-state index in [0.29, 0.717) is 11.7 Å². The third-order valence-corrected chi connectivity index (χ3v) is 6.66. The lowest BCUT2D eigenvalue weighted by molar-refractivity contribution is 0.107. The number of aryl methyl sites for hydroxylation is 3. The molecule has 1 atom stereocenters. The molecule has 146 valence electrons. The van der Waals surface area contributed by atoms with Crippen LogP contribution in [0.25, 0.3) is 0 Å². The van der Waals surface area contributed by atoms with Crippen LogP contribution in [0.15, 0.2) is 42.5 Å². The molecule has 0 spiro atoms. The zero-order valence-corrected chi connectivity index (χ0v) is 18.4. The van der Waals surface area contributed by atoms with Gasteiger partial charge in [0.1, 0.15) is 7.80 Å². The van der Waals surface area contributed by atoms with Crippen molar-refractivity contribution in [2.75, 3.05) is 6.16 Å². The van der Waals surface area contributed by atoms with Gasteiger partial charge < -0.3 is 4.57 Å². The molecule has 0 fully saturated rings. The van der Waals surface area contributed by atoms with Crippen LogP contribution >= 0.6 is 7.80 Å². The molecule has 1 unspecified atom stereocenters. The number of benzene rings is 2. The first-order valence-electron chi connectivity index (χ1n) is 9.93. The van der Waals surface area contributed by atoms with Crippen LogP contribution in [0.3, 0.4) is 0 Å². The predicted octanol–water partition coefficient (Wildman–Crippen LogP) is 6.71. The maximum atomic E-state index is 12.8. The Morgan fingerprint density at radius 1 is 0.926 bits per heavy atom. The SMILES string of the molecule is Cc1cc(C(C)(C)C)cc(C)c1C(=O)[PH](=O)CCCCCc1ccccc1. The van der Waals surface area contributed by atoms with E-state index in [1.54, 1.807) is 0 Å². The van der Waals surface area contributed by atoms with E-state index < -0.39 is 7.80 Å². The molecule has 0 aliphatic rings. The second-order valence-electron chi connectivity index (χ2n) is 8.53. The first kappa shape index (κ1) is 21.6. The summed E-state index contributed by atoms with van der Waals surface area (Å²) in [4.78, 5) is 12.8. The maximum absolute atomic E-state index is 12.8. The third-order valence-electron chi connectivity index (χ3n) is 5.09. The summed E-state index contributed by atoms with van der Waals surface area (Å²) in [5.74, 6) is 0. The summed E-state index contributed by atoms with van der Waals surface area (Å²) in [6.45, 7) is 10.4. The Balaban J connectivity index is 1.90. The van der Waals surface area contributed by atoms with Gasteiger partial charge in [0, 0.05) is 11.7 Å². The molecule has 2 rings (SSSR count). The van der Waals surface area contributed by atoms with Gasteiger partial charge in [-0.1, -0.05) is 69.7 Å². The lowest BCUT2D eigenvalue weighted by atomic mass is 9.84. The van der Waals surface area contributed by atoms with Crippen LogP contribution in [0.2, 0.25) is 0 Å². The molecule has 3 heteroatoms. The van der Waals surface area contributed by atoms with Gasteiger partial charge in [-0.15, -0.1) is 0 Å². The first-order valence-corrected chi connectivity index (χ1v) is 11.5. The molecule has 0 radical (unpaired) electrons. The highest BCUT2D eigenvalue weighted by atomic mass is 31.1. The fourth-order valence-corrected chi connectivity index (χ4v) is 4.92. The van der Waals surface area contributed by atoms with Gasteiger partial charge in [-0.3, -0.25) is 4.79 Å². The van der Waals surface area contributed by atoms with Gasteiger partial charge >= 0.3 is 0 Å². The number of carbonyl (C=O) groups excluding carboxylic acids is 1. The first-order chi connectivity index (χ1) is 12.7. The largest absolute Gasteiger partial charge is 0.318 e. The fourth-order valence-electron chi connectivity index (χ4n) is 3.44. The fraction of sp³-hybridized carbons (Fsp3) is 0.458. The number of hydrogen-bond donors (Lipinski definition) is 0. The average molecular weight is 385 g/mol. The summed E-state index contributed by atoms with van der Waals surface area (Å²) >= 11 is 0. The second-order valence-corrected chi connectivity index (χ2v) is 10.3. The van der Waals surface area contributed by atoms with Crippen molar-refractivity contribution in [1.29, 1.82) is 0 Å². The monoisotopic (exact) mass is 384 g/mol. The van der Waals surface area contributed by atoms with E-state index in [-0.39, 0.29) is 10.9 Å². The van der Waals surface area contributed by atoms with Gasteiger partial charge in [0.25, 0.3) is 0 Å². The highest BCUT2D eigenvalue weighted by Crippen LogP contribution is 2.34. The minimum absolute atomic E-state index is 0.0428. The Hall–Kier alpha value is -1.66. The Kier molecular flexibility index (Phi) is 7.62. The van der Waals surface area contributed by atoms with Crippen molar-refractivity contribution in [1.82, 2.24) is 0 Å². The lowest BCUT2D eigenvalue weighted by Gasteiger charge is -2.22. The number of carbonyl (C=O) groups is 1. The Morgan fingerprint density at radius 3 is 2.07 bits per heavy atom. The van der Waals surface area contributed by atoms with Crippen LogP contribution in [0, 0.1) is 13.8 Å². The van der Waals surface area contributed by atoms with E-state index in [1.165, 1.54) is 11.1 Å². The summed E-state index contributed by atoms with van der Waals surface area (Å²) in [5, 5.41) is 0. The van der Waals surface area contributed by atoms with Crippen LogP contribution < -0.4 is 0 Å². The van der Waals surface area contributed by atoms with Crippen molar-refractivity contribution >= 4 is 13.3 Å². The van der Waals surface area contributed by atoms with Gasteiger partial charge in [-0.05, 0) is 60.8 Å². The summed E-state index contributed by atoms with van der Waals surface area (Å²) in [6.07, 6.45) is 4.51. The molecule has 0 amide bonds. The lowest BCUT2D eigenvalue weighted by Crippen LogP contribution is -2.13. The van der Waals surface area contributed by atoms with Crippen molar-refractivity contribution < 1.29 is 9.36 Å². The normalized spacial score (nSPS) is 12.8. The molecule has 0 bridgehead atoms. The summed E-state index contributed by atoms with van der Waals surface area (Å²) < 4.78 is 12.6. The highest BCUT2D eigenvalue weighted by Gasteiger charge is 2.22. The van der Waals surface area contributed by atoms with E-state index in [1.807, 2.05) is 19.9 Å². The Bertz CT molecular complexity index is 778. The van der Waals surface area contributed by atoms with E-state index in [0.717, 1.165) is 36.8 Å². The number of hydrogen-bond acceptors (Lipinski definition) is 2. The van der Waals surface area contributed by atoms with E-state index >= 15 is 0 Å². The van der Waals surface area contributed by atoms with Gasteiger partial charge in [0.2, 0.25) is 5.52 Å². The third kappa shape index (κ3) is 6.18. The molecule has 0 saturated carbocycles. The summed E-state index contributed by atoms with van der Waals surface area (Å²) in [5.41, 5.74) is 5.04. The van der Waals surface area contributed by atoms with Crippen LogP contribution in [0.5, 0.6) is 0 Å². The van der Waals surface area contributed by atoms with Crippen LogP contribution in [0.4, 0.5) is 0 Å². The van der Waals surface area contributed by atoms with Crippen LogP contribution in [-0.4, -0.2) is 11.7 Å². The Labute approximate surface area is 165 Å². The van der Waals surface area contributed by atoms with Crippen molar-refractivity contribution in [3.8, 4) is 0 Å². The van der Waals surface area contributed by atoms with E-state index in [4.69, 9.17) is 0 Å². The molecular weight excluding hydrogens is 351 g/mol. The minimum Gasteiger partial charge on any atom is -0.318 e. The molecule has 2 aromatic carbocycles. The summed E-state index contributed by atoms with van der Waals surface area (Å²) in [6, 6.07) is 14.6. The second kappa shape index (κ2) is 9.51. The molecule has 0 saturated heterocycles. The molecular formula is C24H33O2P. The van der Waals surface area contributed by atoms with Crippen LogP contribution in [0.1, 0.15) is 72.6 Å². The zero-order valence-electron chi connectivity index (χ0n) is 17.4. The maximum Gasteiger partial charge on any atom is 0.219 e. The molecule has 2 aromatic rings. The van der Waals surface area contributed by atoms with Gasteiger partial charge in [0.15, 0.2) is 0 Å². The topological polar surface area (TPSA) is 34.1 Å². The molecule has 0 aliphatic heterocycles. The minimum atomic E-state index is -2.24. The molecule has 0 aliphatic carbocycles. The number of rotatable bonds is 8. The number of unbranched alkanes of at least 4 members (excludes halogenated alkanes) is 2. The smallest absolute Gasteiger partial charge is 0.219 e. The standard InChI is InChI=1S/C24H33O2P/c1-18-16-21(24(3,4)5)17-19(2)22(18)23(25)27(26)15-11-7-10-14-20-12-8-6-9-13-20/h6,8-9,12-13,16-17,27H,7,10-11,14-15H2,1-5H3. The predicted molar refractivity (Wildman–Crippen MR) is 117 cm³/mol. The van der Waals surface area contributed by atoms with Gasteiger partial charge in [-0.25, -0.2) is 0 Å². The van der Waals surface area contributed by atoms with Crippen molar-refractivity contribution in [2.45, 2.75) is 65.7 Å². The molecule has 0 N–H and O–H groups in total. The van der Waals surface area contributed by atoms with Crippen molar-refractivity contribution in [3.63, 3.8) is 0 Å². The quantitative estimate of drug-likeness (QED) is 0.374. The van der Waals surface area contributed by atoms with E-state index in [9.17, 15) is 9.36 Å². The van der Waals surface area contributed by atoms with Crippen LogP contribution in [-0.2, 0) is 16.4 Å². The van der Waals surface area contributed by atoms with Gasteiger partial charge in [-0.2, -0.15) is 0 Å². The molecule has 2 nitrogen and oxygen atoms in total. The average Bonchev–Trinajstić information content (AvgIpc) is 2.60.